The van der Waals surface area contributed by atoms with E-state index < -0.39 is 17.7 Å². The van der Waals surface area contributed by atoms with E-state index in [9.17, 15) is 17.6 Å². The summed E-state index contributed by atoms with van der Waals surface area (Å²) in [5, 5.41) is 0.00145. The molecule has 1 aromatic heterocycles. The second-order valence-electron chi connectivity index (χ2n) is 3.68. The first-order chi connectivity index (χ1) is 8.21. The Morgan fingerprint density at radius 1 is 1.28 bits per heavy atom. The molecule has 0 N–H and O–H groups in total. The van der Waals surface area contributed by atoms with Crippen LogP contribution < -0.4 is 0 Å². The fourth-order valence-corrected chi connectivity index (χ4v) is 2.29. The summed E-state index contributed by atoms with van der Waals surface area (Å²) in [4.78, 5) is 3.34. The maximum Gasteiger partial charge on any atom is 0.433 e. The van der Waals surface area contributed by atoms with Crippen LogP contribution >= 0.6 is 27.5 Å². The highest BCUT2D eigenvalue weighted by atomic mass is 79.9. The van der Waals surface area contributed by atoms with Gasteiger partial charge < -0.3 is 0 Å². The van der Waals surface area contributed by atoms with E-state index in [2.05, 4.69) is 20.9 Å². The van der Waals surface area contributed by atoms with Crippen molar-refractivity contribution in [2.24, 2.45) is 0 Å². The number of rotatable bonds is 0. The minimum atomic E-state index is -4.67. The summed E-state index contributed by atoms with van der Waals surface area (Å²) >= 11 is 8.91. The Bertz CT molecular complexity index is 639. The number of pyridine rings is 1. The number of hydrogen-bond donors (Lipinski definition) is 0. The standard InChI is InChI=1S/C11H5BrClF4N/c1-4-8(13)6-2-5(12)3-7(14)9(6)18-10(4)11(15,16)17/h2-3H,1H3. The quantitative estimate of drug-likeness (QED) is 0.606. The Balaban J connectivity index is 2.93. The molecule has 18 heavy (non-hydrogen) atoms. The van der Waals surface area contributed by atoms with Crippen molar-refractivity contribution < 1.29 is 17.6 Å². The summed E-state index contributed by atoms with van der Waals surface area (Å²) in [5.41, 5.74) is -1.77. The van der Waals surface area contributed by atoms with Crippen LogP contribution in [0.4, 0.5) is 17.6 Å². The van der Waals surface area contributed by atoms with E-state index in [0.29, 0.717) is 4.47 Å². The molecule has 2 rings (SSSR count). The predicted octanol–water partition coefficient (Wildman–Crippen LogP) is 5.12. The van der Waals surface area contributed by atoms with Crippen LogP contribution in [0.15, 0.2) is 16.6 Å². The molecule has 0 bridgehead atoms. The highest BCUT2D eigenvalue weighted by molar-refractivity contribution is 9.10. The zero-order chi connectivity index (χ0) is 13.7. The van der Waals surface area contributed by atoms with Gasteiger partial charge in [0, 0.05) is 9.86 Å². The monoisotopic (exact) mass is 341 g/mol. The molecular weight excluding hydrogens is 337 g/mol. The van der Waals surface area contributed by atoms with E-state index in [1.54, 1.807) is 0 Å². The molecule has 0 saturated carbocycles. The van der Waals surface area contributed by atoms with Crippen LogP contribution in [-0.4, -0.2) is 4.98 Å². The fourth-order valence-electron chi connectivity index (χ4n) is 1.62. The molecule has 7 heteroatoms. The van der Waals surface area contributed by atoms with Gasteiger partial charge in [0.1, 0.15) is 11.2 Å². The van der Waals surface area contributed by atoms with Gasteiger partial charge in [-0.3, -0.25) is 0 Å². The van der Waals surface area contributed by atoms with Gasteiger partial charge in [0.05, 0.1) is 5.02 Å². The maximum atomic E-state index is 13.6. The molecule has 0 atom stereocenters. The molecule has 1 aromatic carbocycles. The van der Waals surface area contributed by atoms with E-state index in [4.69, 9.17) is 11.6 Å². The predicted molar refractivity (Wildman–Crippen MR) is 64.2 cm³/mol. The number of hydrogen-bond acceptors (Lipinski definition) is 1. The minimum Gasteiger partial charge on any atom is -0.240 e. The lowest BCUT2D eigenvalue weighted by Gasteiger charge is -2.13. The number of nitrogens with zero attached hydrogens (tertiary/aromatic N) is 1. The first-order valence-corrected chi connectivity index (χ1v) is 5.91. The van der Waals surface area contributed by atoms with Crippen molar-refractivity contribution >= 4 is 38.4 Å². The molecule has 0 aliphatic rings. The van der Waals surface area contributed by atoms with Crippen molar-refractivity contribution in [3.8, 4) is 0 Å². The number of alkyl halides is 3. The third kappa shape index (κ3) is 2.19. The molecule has 0 radical (unpaired) electrons. The molecule has 0 fully saturated rings. The highest BCUT2D eigenvalue weighted by Crippen LogP contribution is 2.38. The topological polar surface area (TPSA) is 12.9 Å². The molecule has 0 aliphatic heterocycles. The molecule has 0 spiro atoms. The summed E-state index contributed by atoms with van der Waals surface area (Å²) < 4.78 is 52.1. The lowest BCUT2D eigenvalue weighted by atomic mass is 10.1. The van der Waals surface area contributed by atoms with Gasteiger partial charge in [0.2, 0.25) is 0 Å². The van der Waals surface area contributed by atoms with Crippen LogP contribution in [0.3, 0.4) is 0 Å². The average molecular weight is 343 g/mol. The number of benzene rings is 1. The lowest BCUT2D eigenvalue weighted by molar-refractivity contribution is -0.141. The van der Waals surface area contributed by atoms with E-state index in [0.717, 1.165) is 6.07 Å². The van der Waals surface area contributed by atoms with Gasteiger partial charge in [0.15, 0.2) is 5.82 Å². The Labute approximate surface area is 113 Å². The van der Waals surface area contributed by atoms with Crippen molar-refractivity contribution in [1.82, 2.24) is 4.98 Å². The molecular formula is C11H5BrClF4N. The van der Waals surface area contributed by atoms with Crippen LogP contribution in [-0.2, 0) is 6.18 Å². The van der Waals surface area contributed by atoms with Crippen molar-refractivity contribution in [2.45, 2.75) is 13.1 Å². The Morgan fingerprint density at radius 3 is 2.44 bits per heavy atom. The summed E-state index contributed by atoms with van der Waals surface area (Å²) in [6.07, 6.45) is -4.67. The maximum absolute atomic E-state index is 13.6. The van der Waals surface area contributed by atoms with Gasteiger partial charge >= 0.3 is 6.18 Å². The lowest BCUT2D eigenvalue weighted by Crippen LogP contribution is -2.11. The van der Waals surface area contributed by atoms with E-state index in [-0.39, 0.29) is 21.5 Å². The average Bonchev–Trinajstić information content (AvgIpc) is 2.22. The first-order valence-electron chi connectivity index (χ1n) is 4.74. The van der Waals surface area contributed by atoms with Gasteiger partial charge in [-0.1, -0.05) is 27.5 Å². The zero-order valence-corrected chi connectivity index (χ0v) is 11.2. The van der Waals surface area contributed by atoms with Crippen LogP contribution in [0.1, 0.15) is 11.3 Å². The molecule has 2 aromatic rings. The second kappa shape index (κ2) is 4.35. The molecule has 1 heterocycles. The van der Waals surface area contributed by atoms with E-state index >= 15 is 0 Å². The van der Waals surface area contributed by atoms with Gasteiger partial charge in [0.25, 0.3) is 0 Å². The van der Waals surface area contributed by atoms with Crippen molar-refractivity contribution in [3.63, 3.8) is 0 Å². The smallest absolute Gasteiger partial charge is 0.240 e. The third-order valence-corrected chi connectivity index (χ3v) is 3.39. The molecule has 0 aliphatic carbocycles. The summed E-state index contributed by atoms with van der Waals surface area (Å²) in [6, 6.07) is 2.47. The van der Waals surface area contributed by atoms with Crippen molar-refractivity contribution in [3.05, 3.63) is 38.7 Å². The van der Waals surface area contributed by atoms with Crippen LogP contribution in [0.25, 0.3) is 10.9 Å². The highest BCUT2D eigenvalue weighted by Gasteiger charge is 2.36. The van der Waals surface area contributed by atoms with Crippen LogP contribution in [0, 0.1) is 12.7 Å². The van der Waals surface area contributed by atoms with Crippen LogP contribution in [0.5, 0.6) is 0 Å². The Hall–Kier alpha value is -0.880. The third-order valence-electron chi connectivity index (χ3n) is 2.44. The van der Waals surface area contributed by atoms with Gasteiger partial charge in [-0.05, 0) is 24.6 Å². The summed E-state index contributed by atoms with van der Waals surface area (Å²) in [6.45, 7) is 1.20. The molecule has 1 nitrogen and oxygen atoms in total. The number of halogens is 6. The first kappa shape index (κ1) is 13.5. The van der Waals surface area contributed by atoms with Gasteiger partial charge in [-0.15, -0.1) is 0 Å². The van der Waals surface area contributed by atoms with E-state index in [1.807, 2.05) is 0 Å². The normalized spacial score (nSPS) is 12.2. The molecule has 0 saturated heterocycles. The summed E-state index contributed by atoms with van der Waals surface area (Å²) in [7, 11) is 0. The second-order valence-corrected chi connectivity index (χ2v) is 4.97. The van der Waals surface area contributed by atoms with Crippen molar-refractivity contribution in [2.75, 3.05) is 0 Å². The molecule has 96 valence electrons. The summed E-state index contributed by atoms with van der Waals surface area (Å²) in [5.74, 6) is -0.855. The SMILES string of the molecule is Cc1c(C(F)(F)F)nc2c(F)cc(Br)cc2c1Cl. The molecule has 0 amide bonds. The number of fused-ring (bicyclic) bond motifs is 1. The zero-order valence-electron chi connectivity index (χ0n) is 8.87. The largest absolute Gasteiger partial charge is 0.433 e. The van der Waals surface area contributed by atoms with Gasteiger partial charge in [-0.25, -0.2) is 9.37 Å². The van der Waals surface area contributed by atoms with Crippen molar-refractivity contribution in [1.29, 1.82) is 0 Å². The Morgan fingerprint density at radius 2 is 1.89 bits per heavy atom. The number of aromatic nitrogens is 1. The van der Waals surface area contributed by atoms with Crippen LogP contribution in [0.2, 0.25) is 5.02 Å². The van der Waals surface area contributed by atoms with E-state index in [1.165, 1.54) is 13.0 Å². The fraction of sp³-hybridized carbons (Fsp3) is 0.182. The van der Waals surface area contributed by atoms with Gasteiger partial charge in [-0.2, -0.15) is 13.2 Å². The molecule has 0 unspecified atom stereocenters. The Kier molecular flexibility index (Phi) is 3.27. The minimum absolute atomic E-state index is 0.146.